The monoisotopic (exact) mass is 346 g/mol. The molecule has 1 aromatic heterocycles. The van der Waals surface area contributed by atoms with E-state index < -0.39 is 0 Å². The zero-order valence-electron chi connectivity index (χ0n) is 13.0. The van der Waals surface area contributed by atoms with E-state index in [1.807, 2.05) is 67.7 Å². The summed E-state index contributed by atoms with van der Waals surface area (Å²) in [7, 11) is 0. The molecule has 1 aromatic carbocycles. The van der Waals surface area contributed by atoms with Crippen molar-refractivity contribution in [3.63, 3.8) is 0 Å². The van der Waals surface area contributed by atoms with Gasteiger partial charge in [-0.3, -0.25) is 15.6 Å². The Hall–Kier alpha value is -1.73. The zero-order valence-corrected chi connectivity index (χ0v) is 14.6. The maximum atomic E-state index is 12.2. The predicted octanol–water partition coefficient (Wildman–Crippen LogP) is 3.33. The van der Waals surface area contributed by atoms with Gasteiger partial charge in [0, 0.05) is 28.5 Å². The molecule has 1 aliphatic heterocycles. The Bertz CT molecular complexity index is 679. The first-order chi connectivity index (χ1) is 11.1. The maximum absolute atomic E-state index is 12.2. The quantitative estimate of drug-likeness (QED) is 0.828. The zero-order chi connectivity index (χ0) is 16.2. The molecule has 1 saturated heterocycles. The third-order valence-corrected chi connectivity index (χ3v) is 6.44. The van der Waals surface area contributed by atoms with Crippen LogP contribution in [0.4, 0.5) is 5.95 Å². The number of rotatable bonds is 4. The molecule has 1 aliphatic rings. The molecule has 1 amide bonds. The number of nitrogens with zero attached hydrogens (tertiary/aromatic N) is 2. The number of carbonyl (C=O) groups is 1. The van der Waals surface area contributed by atoms with Crippen molar-refractivity contribution in [1.82, 2.24) is 15.4 Å². The van der Waals surface area contributed by atoms with Gasteiger partial charge >= 0.3 is 0 Å². The molecule has 2 N–H and O–H groups in total. The normalized spacial score (nSPS) is 14.7. The second kappa shape index (κ2) is 7.23. The van der Waals surface area contributed by atoms with Crippen LogP contribution in [0.5, 0.6) is 0 Å². The van der Waals surface area contributed by atoms with Gasteiger partial charge in [0.1, 0.15) is 0 Å². The lowest BCUT2D eigenvalue weighted by Crippen LogP contribution is -2.30. The molecule has 0 aliphatic carbocycles. The summed E-state index contributed by atoms with van der Waals surface area (Å²) in [6.45, 7) is 3.78. The van der Waals surface area contributed by atoms with Crippen LogP contribution in [0.15, 0.2) is 30.3 Å². The summed E-state index contributed by atoms with van der Waals surface area (Å²) < 4.78 is 0.494. The molecule has 2 aromatic rings. The number of hydrogen-bond donors (Lipinski definition) is 2. The highest BCUT2D eigenvalue weighted by atomic mass is 32.2. The van der Waals surface area contributed by atoms with Crippen LogP contribution < -0.4 is 10.9 Å². The minimum absolute atomic E-state index is 0.203. The van der Waals surface area contributed by atoms with Crippen LogP contribution in [-0.2, 0) is 0 Å². The van der Waals surface area contributed by atoms with Crippen molar-refractivity contribution in [2.45, 2.75) is 18.4 Å². The van der Waals surface area contributed by atoms with Crippen molar-refractivity contribution in [1.29, 1.82) is 0 Å². The van der Waals surface area contributed by atoms with Crippen molar-refractivity contribution >= 4 is 35.4 Å². The van der Waals surface area contributed by atoms with E-state index >= 15 is 0 Å². The smallest absolute Gasteiger partial charge is 0.267 e. The summed E-state index contributed by atoms with van der Waals surface area (Å²) in [6.07, 6.45) is 0. The Kier molecular flexibility index (Phi) is 5.07. The van der Waals surface area contributed by atoms with E-state index in [0.717, 1.165) is 11.4 Å². The van der Waals surface area contributed by atoms with E-state index in [2.05, 4.69) is 20.8 Å². The molecule has 7 heteroatoms. The number of amides is 1. The molecule has 0 atom stereocenters. The van der Waals surface area contributed by atoms with Crippen LogP contribution in [0.25, 0.3) is 0 Å². The molecule has 0 bridgehead atoms. The number of nitrogens with one attached hydrogen (secondary N) is 2. The molecule has 23 heavy (non-hydrogen) atoms. The number of aromatic nitrogens is 2. The summed E-state index contributed by atoms with van der Waals surface area (Å²) in [5.74, 6) is 2.58. The van der Waals surface area contributed by atoms with Crippen molar-refractivity contribution in [2.24, 2.45) is 0 Å². The summed E-state index contributed by atoms with van der Waals surface area (Å²) in [5.41, 5.74) is 8.98. The van der Waals surface area contributed by atoms with Gasteiger partial charge in [-0.15, -0.1) is 23.5 Å². The first kappa shape index (κ1) is 16.1. The van der Waals surface area contributed by atoms with Crippen molar-refractivity contribution < 1.29 is 4.79 Å². The lowest BCUT2D eigenvalue weighted by molar-refractivity contribution is 0.0962. The lowest BCUT2D eigenvalue weighted by Gasteiger charge is -2.10. The van der Waals surface area contributed by atoms with Gasteiger partial charge in [-0.1, -0.05) is 12.1 Å². The topological polar surface area (TPSA) is 66.9 Å². The van der Waals surface area contributed by atoms with Gasteiger partial charge in [0.15, 0.2) is 0 Å². The SMILES string of the molecule is Cc1cc(C)nc(NNC(=O)c2ccc(C3SCCS3)cc2)n1. The third kappa shape index (κ3) is 4.17. The van der Waals surface area contributed by atoms with E-state index in [0.29, 0.717) is 16.1 Å². The largest absolute Gasteiger partial charge is 0.269 e. The van der Waals surface area contributed by atoms with E-state index in [1.54, 1.807) is 0 Å². The molecule has 0 saturated carbocycles. The van der Waals surface area contributed by atoms with E-state index in [-0.39, 0.29) is 5.91 Å². The van der Waals surface area contributed by atoms with Crippen molar-refractivity contribution in [3.8, 4) is 0 Å². The second-order valence-electron chi connectivity index (χ2n) is 5.25. The number of thioether (sulfide) groups is 2. The highest BCUT2D eigenvalue weighted by molar-refractivity contribution is 8.19. The Balaban J connectivity index is 1.61. The molecule has 0 unspecified atom stereocenters. The molecule has 120 valence electrons. The fourth-order valence-electron chi connectivity index (χ4n) is 2.31. The van der Waals surface area contributed by atoms with E-state index in [4.69, 9.17) is 0 Å². The van der Waals surface area contributed by atoms with Crippen LogP contribution in [-0.4, -0.2) is 27.4 Å². The summed E-state index contributed by atoms with van der Waals surface area (Å²) in [5, 5.41) is 0. The number of hydrogen-bond acceptors (Lipinski definition) is 6. The number of carbonyl (C=O) groups excluding carboxylic acids is 1. The van der Waals surface area contributed by atoms with Gasteiger partial charge in [-0.2, -0.15) is 0 Å². The Morgan fingerprint density at radius 3 is 2.30 bits per heavy atom. The summed E-state index contributed by atoms with van der Waals surface area (Å²) in [4.78, 5) is 20.6. The second-order valence-corrected chi connectivity index (χ2v) is 7.97. The van der Waals surface area contributed by atoms with Gasteiger partial charge in [-0.05, 0) is 37.6 Å². The molecule has 3 rings (SSSR count). The number of anilines is 1. The van der Waals surface area contributed by atoms with Gasteiger partial charge < -0.3 is 0 Å². The molecular formula is C16H18N4OS2. The average molecular weight is 346 g/mol. The van der Waals surface area contributed by atoms with Gasteiger partial charge in [0.25, 0.3) is 5.91 Å². The van der Waals surface area contributed by atoms with Crippen LogP contribution in [0.1, 0.15) is 31.9 Å². The number of hydrazine groups is 1. The molecule has 2 heterocycles. The van der Waals surface area contributed by atoms with Crippen LogP contribution in [0, 0.1) is 13.8 Å². The van der Waals surface area contributed by atoms with Crippen LogP contribution >= 0.6 is 23.5 Å². The number of benzene rings is 1. The van der Waals surface area contributed by atoms with Gasteiger partial charge in [-0.25, -0.2) is 9.97 Å². The Morgan fingerprint density at radius 1 is 1.09 bits per heavy atom. The standard InChI is InChI=1S/C16H18N4OS2/c1-10-9-11(2)18-16(17-10)20-19-14(21)12-3-5-13(6-4-12)15-22-7-8-23-15/h3-6,9,15H,7-8H2,1-2H3,(H,19,21)(H,17,18,20). The predicted molar refractivity (Wildman–Crippen MR) is 96.7 cm³/mol. The highest BCUT2D eigenvalue weighted by Crippen LogP contribution is 2.45. The minimum atomic E-state index is -0.203. The highest BCUT2D eigenvalue weighted by Gasteiger charge is 2.18. The van der Waals surface area contributed by atoms with Crippen LogP contribution in [0.3, 0.4) is 0 Å². The number of aryl methyl sites for hydroxylation is 2. The summed E-state index contributed by atoms with van der Waals surface area (Å²) in [6, 6.07) is 9.64. The Labute approximate surface area is 144 Å². The van der Waals surface area contributed by atoms with Crippen LogP contribution in [0.2, 0.25) is 0 Å². The first-order valence-electron chi connectivity index (χ1n) is 7.33. The molecule has 0 spiro atoms. The molecule has 5 nitrogen and oxygen atoms in total. The third-order valence-electron chi connectivity index (χ3n) is 3.34. The summed E-state index contributed by atoms with van der Waals surface area (Å²) >= 11 is 3.91. The Morgan fingerprint density at radius 2 is 1.70 bits per heavy atom. The first-order valence-corrected chi connectivity index (χ1v) is 9.43. The van der Waals surface area contributed by atoms with Gasteiger partial charge in [0.2, 0.25) is 5.95 Å². The lowest BCUT2D eigenvalue weighted by atomic mass is 10.1. The van der Waals surface area contributed by atoms with Crippen molar-refractivity contribution in [2.75, 3.05) is 16.9 Å². The van der Waals surface area contributed by atoms with Gasteiger partial charge in [0.05, 0.1) is 4.58 Å². The molecule has 1 fully saturated rings. The fourth-order valence-corrected chi connectivity index (χ4v) is 5.17. The average Bonchev–Trinajstić information content (AvgIpc) is 3.06. The maximum Gasteiger partial charge on any atom is 0.269 e. The molecular weight excluding hydrogens is 328 g/mol. The van der Waals surface area contributed by atoms with Crippen molar-refractivity contribution in [3.05, 3.63) is 52.8 Å². The van der Waals surface area contributed by atoms with E-state index in [9.17, 15) is 4.79 Å². The van der Waals surface area contributed by atoms with E-state index in [1.165, 1.54) is 17.1 Å². The molecule has 0 radical (unpaired) electrons. The fraction of sp³-hybridized carbons (Fsp3) is 0.312. The minimum Gasteiger partial charge on any atom is -0.267 e.